The molecule has 0 aromatic carbocycles. The van der Waals surface area contributed by atoms with Gasteiger partial charge in [0, 0.05) is 5.56 Å². The largest absolute Gasteiger partial charge is 0.510 e. The standard InChI is InChI=1S/C5H5O2PS/c6-8(7)3-5-1-2-9-4-5/h1-2,4H,3H2/p+1. The Balaban J connectivity index is 2.58. The highest BCUT2D eigenvalue weighted by Crippen LogP contribution is 2.22. The molecule has 1 N–H and O–H groups in total. The van der Waals surface area contributed by atoms with E-state index in [-0.39, 0.29) is 0 Å². The van der Waals surface area contributed by atoms with Crippen molar-refractivity contribution in [3.8, 4) is 0 Å². The quantitative estimate of drug-likeness (QED) is 0.673. The van der Waals surface area contributed by atoms with Gasteiger partial charge < -0.3 is 0 Å². The van der Waals surface area contributed by atoms with Gasteiger partial charge in [0.15, 0.2) is 0 Å². The third-order valence-electron chi connectivity index (χ3n) is 0.898. The highest BCUT2D eigenvalue weighted by molar-refractivity contribution is 7.37. The normalized spacial score (nSPS) is 11.4. The van der Waals surface area contributed by atoms with Crippen LogP contribution in [0.25, 0.3) is 0 Å². The Morgan fingerprint density at radius 2 is 2.56 bits per heavy atom. The van der Waals surface area contributed by atoms with E-state index in [0.29, 0.717) is 6.16 Å². The molecule has 1 aromatic rings. The molecule has 0 amide bonds. The first-order valence-corrected chi connectivity index (χ1v) is 4.77. The molecular weight excluding hydrogens is 155 g/mol. The minimum Gasteiger partial charge on any atom is -0.160 e. The predicted molar refractivity (Wildman–Crippen MR) is 37.8 cm³/mol. The van der Waals surface area contributed by atoms with Crippen LogP contribution in [-0.2, 0) is 10.7 Å². The molecule has 0 spiro atoms. The Morgan fingerprint density at radius 3 is 3.00 bits per heavy atom. The van der Waals surface area contributed by atoms with Crippen molar-refractivity contribution in [1.82, 2.24) is 0 Å². The Bertz CT molecular complexity index is 195. The van der Waals surface area contributed by atoms with Crippen molar-refractivity contribution in [3.63, 3.8) is 0 Å². The van der Waals surface area contributed by atoms with Crippen molar-refractivity contribution >= 4 is 19.4 Å². The number of thiophene rings is 1. The second-order valence-electron chi connectivity index (χ2n) is 1.64. The van der Waals surface area contributed by atoms with Gasteiger partial charge in [-0.15, -0.1) is 0 Å². The second-order valence-corrected chi connectivity index (χ2v) is 3.44. The van der Waals surface area contributed by atoms with Gasteiger partial charge in [0.2, 0.25) is 6.16 Å². The van der Waals surface area contributed by atoms with Crippen molar-refractivity contribution in [3.05, 3.63) is 22.4 Å². The van der Waals surface area contributed by atoms with Crippen LogP contribution in [0.2, 0.25) is 0 Å². The molecule has 0 saturated heterocycles. The summed E-state index contributed by atoms with van der Waals surface area (Å²) in [6.07, 6.45) is 0.291. The van der Waals surface area contributed by atoms with E-state index in [0.717, 1.165) is 5.56 Å². The van der Waals surface area contributed by atoms with E-state index < -0.39 is 8.03 Å². The summed E-state index contributed by atoms with van der Waals surface area (Å²) in [4.78, 5) is 8.44. The SMILES string of the molecule is O=[P+](O)Cc1ccsc1. The minimum absolute atomic E-state index is 0.291. The molecule has 0 aliphatic heterocycles. The predicted octanol–water partition coefficient (Wildman–Crippen LogP) is 1.98. The van der Waals surface area contributed by atoms with Gasteiger partial charge in [-0.1, -0.05) is 0 Å². The van der Waals surface area contributed by atoms with Gasteiger partial charge >= 0.3 is 8.03 Å². The zero-order valence-electron chi connectivity index (χ0n) is 4.65. The van der Waals surface area contributed by atoms with Crippen LogP contribution in [0.15, 0.2) is 16.8 Å². The molecule has 0 saturated carbocycles. The first-order valence-electron chi connectivity index (χ1n) is 2.43. The maximum absolute atomic E-state index is 10.2. The molecule has 2 nitrogen and oxygen atoms in total. The molecule has 9 heavy (non-hydrogen) atoms. The molecule has 1 unspecified atom stereocenters. The maximum atomic E-state index is 10.2. The van der Waals surface area contributed by atoms with Gasteiger partial charge in [-0.05, 0) is 21.4 Å². The summed E-state index contributed by atoms with van der Waals surface area (Å²) in [6, 6.07) is 1.86. The Labute approximate surface area is 58.0 Å². The zero-order chi connectivity index (χ0) is 6.69. The van der Waals surface area contributed by atoms with E-state index in [1.807, 2.05) is 16.8 Å². The van der Waals surface area contributed by atoms with Crippen LogP contribution in [0.1, 0.15) is 5.56 Å². The van der Waals surface area contributed by atoms with Crippen molar-refractivity contribution in [2.75, 3.05) is 0 Å². The zero-order valence-corrected chi connectivity index (χ0v) is 6.36. The fourth-order valence-corrected chi connectivity index (χ4v) is 1.84. The van der Waals surface area contributed by atoms with Gasteiger partial charge in [-0.3, -0.25) is 0 Å². The third-order valence-corrected chi connectivity index (χ3v) is 2.27. The summed E-state index contributed by atoms with van der Waals surface area (Å²) in [6.45, 7) is 0. The summed E-state index contributed by atoms with van der Waals surface area (Å²) in [5, 5.41) is 3.78. The fourth-order valence-electron chi connectivity index (χ4n) is 0.539. The van der Waals surface area contributed by atoms with Gasteiger partial charge in [0.25, 0.3) is 0 Å². The van der Waals surface area contributed by atoms with E-state index in [9.17, 15) is 4.57 Å². The van der Waals surface area contributed by atoms with E-state index in [1.54, 1.807) is 11.3 Å². The fraction of sp³-hybridized carbons (Fsp3) is 0.200. The van der Waals surface area contributed by atoms with E-state index >= 15 is 0 Å². The van der Waals surface area contributed by atoms with E-state index in [1.165, 1.54) is 0 Å². The summed E-state index contributed by atoms with van der Waals surface area (Å²) in [5.41, 5.74) is 0.948. The summed E-state index contributed by atoms with van der Waals surface area (Å²) in [7, 11) is -1.99. The van der Waals surface area contributed by atoms with Gasteiger partial charge in [-0.25, -0.2) is 0 Å². The monoisotopic (exact) mass is 161 g/mol. The van der Waals surface area contributed by atoms with Crippen molar-refractivity contribution in [2.24, 2.45) is 0 Å². The molecule has 0 fully saturated rings. The first-order chi connectivity index (χ1) is 4.29. The second kappa shape index (κ2) is 3.06. The maximum Gasteiger partial charge on any atom is 0.510 e. The van der Waals surface area contributed by atoms with Crippen LogP contribution < -0.4 is 0 Å². The third kappa shape index (κ3) is 2.22. The van der Waals surface area contributed by atoms with Crippen molar-refractivity contribution in [2.45, 2.75) is 6.16 Å². The molecule has 1 aromatic heterocycles. The highest BCUT2D eigenvalue weighted by atomic mass is 32.1. The van der Waals surface area contributed by atoms with Crippen LogP contribution in [0, 0.1) is 0 Å². The van der Waals surface area contributed by atoms with Crippen LogP contribution >= 0.6 is 19.4 Å². The van der Waals surface area contributed by atoms with Crippen LogP contribution in [0.3, 0.4) is 0 Å². The smallest absolute Gasteiger partial charge is 0.160 e. The molecule has 48 valence electrons. The van der Waals surface area contributed by atoms with Crippen LogP contribution in [0.5, 0.6) is 0 Å². The number of rotatable bonds is 2. The lowest BCUT2D eigenvalue weighted by atomic mass is 10.4. The Kier molecular flexibility index (Phi) is 2.34. The van der Waals surface area contributed by atoms with Crippen molar-refractivity contribution in [1.29, 1.82) is 0 Å². The molecule has 1 atom stereocenters. The first kappa shape index (κ1) is 6.87. The Hall–Kier alpha value is -0.240. The van der Waals surface area contributed by atoms with E-state index in [2.05, 4.69) is 0 Å². The average Bonchev–Trinajstić information content (AvgIpc) is 2.15. The molecular formula is C5H6O2PS+. The lowest BCUT2D eigenvalue weighted by Crippen LogP contribution is -1.70. The summed E-state index contributed by atoms with van der Waals surface area (Å²) < 4.78 is 10.2. The molecule has 4 heteroatoms. The molecule has 0 radical (unpaired) electrons. The molecule has 0 aliphatic rings. The van der Waals surface area contributed by atoms with Crippen LogP contribution in [0.4, 0.5) is 0 Å². The van der Waals surface area contributed by atoms with E-state index in [4.69, 9.17) is 4.89 Å². The molecule has 1 heterocycles. The highest BCUT2D eigenvalue weighted by Gasteiger charge is 2.10. The van der Waals surface area contributed by atoms with Crippen molar-refractivity contribution < 1.29 is 9.46 Å². The summed E-state index contributed by atoms with van der Waals surface area (Å²) in [5.74, 6) is 0. The molecule has 1 rings (SSSR count). The average molecular weight is 161 g/mol. The summed E-state index contributed by atoms with van der Waals surface area (Å²) >= 11 is 1.54. The Morgan fingerprint density at radius 1 is 1.78 bits per heavy atom. The molecule has 0 bridgehead atoms. The van der Waals surface area contributed by atoms with Gasteiger partial charge in [0.05, 0.1) is 0 Å². The lowest BCUT2D eigenvalue weighted by molar-refractivity contribution is 0.502. The topological polar surface area (TPSA) is 37.3 Å². The minimum atomic E-state index is -1.99. The van der Waals surface area contributed by atoms with Gasteiger partial charge in [-0.2, -0.15) is 16.2 Å². The lowest BCUT2D eigenvalue weighted by Gasteiger charge is -1.74. The number of hydrogen-bond donors (Lipinski definition) is 1. The molecule has 0 aliphatic carbocycles. The van der Waals surface area contributed by atoms with Crippen LogP contribution in [-0.4, -0.2) is 4.89 Å². The number of hydrogen-bond acceptors (Lipinski definition) is 2. The van der Waals surface area contributed by atoms with Gasteiger partial charge in [0.1, 0.15) is 0 Å².